The topological polar surface area (TPSA) is 114 Å². The standard InChI is InChI=1S/C19H27N7O3/c1-12(2)17(25-9-13(3)29-14(4)10-25)19(28)22-21-18(27)15-5-7-16(8-6-15)26-11-20-23-24-26/h5-8,11-14,17H,9-10H2,1-4H3,(H,21,27)(H,22,28). The zero-order valence-electron chi connectivity index (χ0n) is 17.1. The van der Waals surface area contributed by atoms with E-state index in [9.17, 15) is 9.59 Å². The molecular weight excluding hydrogens is 374 g/mol. The molecule has 1 aromatic heterocycles. The molecule has 0 saturated carbocycles. The van der Waals surface area contributed by atoms with Gasteiger partial charge >= 0.3 is 0 Å². The van der Waals surface area contributed by atoms with Crippen molar-refractivity contribution >= 4 is 11.8 Å². The Hall–Kier alpha value is -2.85. The van der Waals surface area contributed by atoms with Crippen LogP contribution in [-0.2, 0) is 9.53 Å². The lowest BCUT2D eigenvalue weighted by Crippen LogP contribution is -2.59. The number of amides is 2. The maximum absolute atomic E-state index is 12.8. The molecule has 2 heterocycles. The highest BCUT2D eigenvalue weighted by atomic mass is 16.5. The highest BCUT2D eigenvalue weighted by Crippen LogP contribution is 2.18. The number of hydrogen-bond donors (Lipinski definition) is 2. The number of rotatable bonds is 5. The number of carbonyl (C=O) groups excluding carboxylic acids is 2. The minimum atomic E-state index is -0.396. The van der Waals surface area contributed by atoms with Gasteiger partial charge in [0.05, 0.1) is 23.9 Å². The van der Waals surface area contributed by atoms with E-state index in [4.69, 9.17) is 4.74 Å². The Kier molecular flexibility index (Phi) is 6.55. The molecule has 0 spiro atoms. The van der Waals surface area contributed by atoms with Crippen LogP contribution in [0.5, 0.6) is 0 Å². The number of hydrogen-bond acceptors (Lipinski definition) is 7. The lowest BCUT2D eigenvalue weighted by Gasteiger charge is -2.40. The summed E-state index contributed by atoms with van der Waals surface area (Å²) < 4.78 is 7.25. The van der Waals surface area contributed by atoms with E-state index < -0.39 is 5.91 Å². The number of carbonyl (C=O) groups is 2. The van der Waals surface area contributed by atoms with Crippen LogP contribution in [0.2, 0.25) is 0 Å². The lowest BCUT2D eigenvalue weighted by atomic mass is 10.00. The van der Waals surface area contributed by atoms with Crippen molar-refractivity contribution in [2.24, 2.45) is 5.92 Å². The number of benzene rings is 1. The van der Waals surface area contributed by atoms with Crippen LogP contribution in [0.3, 0.4) is 0 Å². The smallest absolute Gasteiger partial charge is 0.269 e. The van der Waals surface area contributed by atoms with E-state index in [-0.39, 0.29) is 30.1 Å². The molecule has 10 nitrogen and oxygen atoms in total. The molecule has 3 rings (SSSR count). The Bertz CT molecular complexity index is 813. The van der Waals surface area contributed by atoms with Crippen molar-refractivity contribution in [3.8, 4) is 5.69 Å². The molecule has 156 valence electrons. The molecule has 1 saturated heterocycles. The highest BCUT2D eigenvalue weighted by molar-refractivity contribution is 5.96. The van der Waals surface area contributed by atoms with Gasteiger partial charge in [-0.25, -0.2) is 4.68 Å². The Morgan fingerprint density at radius 1 is 1.10 bits per heavy atom. The minimum Gasteiger partial charge on any atom is -0.373 e. The summed E-state index contributed by atoms with van der Waals surface area (Å²) in [6.07, 6.45) is 1.58. The van der Waals surface area contributed by atoms with Gasteiger partial charge < -0.3 is 4.74 Å². The molecule has 29 heavy (non-hydrogen) atoms. The van der Waals surface area contributed by atoms with Gasteiger partial charge in [-0.1, -0.05) is 13.8 Å². The molecule has 1 aliphatic heterocycles. The van der Waals surface area contributed by atoms with E-state index in [1.54, 1.807) is 24.3 Å². The molecule has 3 atom stereocenters. The fraction of sp³-hybridized carbons (Fsp3) is 0.526. The molecular formula is C19H27N7O3. The maximum Gasteiger partial charge on any atom is 0.269 e. The van der Waals surface area contributed by atoms with Crippen LogP contribution in [0.25, 0.3) is 5.69 Å². The molecule has 2 amide bonds. The fourth-order valence-electron chi connectivity index (χ4n) is 3.64. The average Bonchev–Trinajstić information content (AvgIpc) is 3.20. The number of morpholine rings is 1. The van der Waals surface area contributed by atoms with Crippen LogP contribution in [-0.4, -0.2) is 68.3 Å². The van der Waals surface area contributed by atoms with Crippen LogP contribution in [0.4, 0.5) is 0 Å². The zero-order valence-corrected chi connectivity index (χ0v) is 17.1. The normalized spacial score (nSPS) is 21.0. The Morgan fingerprint density at radius 2 is 1.76 bits per heavy atom. The molecule has 1 fully saturated rings. The molecule has 10 heteroatoms. The molecule has 0 aliphatic carbocycles. The second kappa shape index (κ2) is 9.10. The number of nitrogens with zero attached hydrogens (tertiary/aromatic N) is 5. The van der Waals surface area contributed by atoms with Crippen molar-refractivity contribution in [1.82, 2.24) is 36.0 Å². The predicted molar refractivity (Wildman–Crippen MR) is 105 cm³/mol. The lowest BCUT2D eigenvalue weighted by molar-refractivity contribution is -0.136. The predicted octanol–water partition coefficient (Wildman–Crippen LogP) is 0.557. The second-order valence-electron chi connectivity index (χ2n) is 7.64. The molecule has 3 unspecified atom stereocenters. The van der Waals surface area contributed by atoms with Crippen molar-refractivity contribution in [2.45, 2.75) is 45.9 Å². The van der Waals surface area contributed by atoms with Crippen LogP contribution >= 0.6 is 0 Å². The summed E-state index contributed by atoms with van der Waals surface area (Å²) in [6.45, 7) is 9.33. The first kappa shape index (κ1) is 20.9. The van der Waals surface area contributed by atoms with Gasteiger partial charge in [-0.3, -0.25) is 25.3 Å². The van der Waals surface area contributed by atoms with E-state index in [1.807, 2.05) is 27.7 Å². The number of ether oxygens (including phenoxy) is 1. The number of aromatic nitrogens is 4. The minimum absolute atomic E-state index is 0.0566. The Balaban J connectivity index is 1.60. The second-order valence-corrected chi connectivity index (χ2v) is 7.64. The average molecular weight is 401 g/mol. The summed E-state index contributed by atoms with van der Waals surface area (Å²) >= 11 is 0. The molecule has 2 N–H and O–H groups in total. The van der Waals surface area contributed by atoms with Crippen LogP contribution < -0.4 is 10.9 Å². The molecule has 0 bridgehead atoms. The molecule has 2 aromatic rings. The maximum atomic E-state index is 12.8. The number of hydrazine groups is 1. The number of tetrazole rings is 1. The summed E-state index contributed by atoms with van der Waals surface area (Å²) in [5, 5.41) is 11.0. The van der Waals surface area contributed by atoms with E-state index in [0.29, 0.717) is 18.7 Å². The van der Waals surface area contributed by atoms with E-state index in [1.165, 1.54) is 11.0 Å². The quantitative estimate of drug-likeness (QED) is 0.704. The van der Waals surface area contributed by atoms with E-state index >= 15 is 0 Å². The van der Waals surface area contributed by atoms with Gasteiger partial charge in [0.15, 0.2) is 0 Å². The first-order chi connectivity index (χ1) is 13.8. The monoisotopic (exact) mass is 401 g/mol. The van der Waals surface area contributed by atoms with Crippen molar-refractivity contribution in [2.75, 3.05) is 13.1 Å². The van der Waals surface area contributed by atoms with Crippen molar-refractivity contribution in [3.05, 3.63) is 36.2 Å². The largest absolute Gasteiger partial charge is 0.373 e. The van der Waals surface area contributed by atoms with Gasteiger partial charge in [0.2, 0.25) is 0 Å². The summed E-state index contributed by atoms with van der Waals surface area (Å²) in [6, 6.07) is 6.38. The van der Waals surface area contributed by atoms with Crippen LogP contribution in [0.15, 0.2) is 30.6 Å². The van der Waals surface area contributed by atoms with Gasteiger partial charge in [0.25, 0.3) is 11.8 Å². The Morgan fingerprint density at radius 3 is 2.31 bits per heavy atom. The third-order valence-corrected chi connectivity index (χ3v) is 4.78. The summed E-state index contributed by atoms with van der Waals surface area (Å²) in [4.78, 5) is 27.3. The molecule has 0 radical (unpaired) electrons. The number of nitrogens with one attached hydrogen (secondary N) is 2. The Labute approximate surface area is 169 Å². The summed E-state index contributed by atoms with van der Waals surface area (Å²) in [7, 11) is 0. The first-order valence-corrected chi connectivity index (χ1v) is 9.68. The summed E-state index contributed by atoms with van der Waals surface area (Å²) in [5.74, 6) is -0.548. The fourth-order valence-corrected chi connectivity index (χ4v) is 3.64. The van der Waals surface area contributed by atoms with Crippen molar-refractivity contribution in [3.63, 3.8) is 0 Å². The van der Waals surface area contributed by atoms with Gasteiger partial charge in [-0.15, -0.1) is 5.10 Å². The third-order valence-electron chi connectivity index (χ3n) is 4.78. The molecule has 1 aromatic carbocycles. The van der Waals surface area contributed by atoms with Crippen molar-refractivity contribution in [1.29, 1.82) is 0 Å². The van der Waals surface area contributed by atoms with Gasteiger partial charge in [0, 0.05) is 18.7 Å². The zero-order chi connectivity index (χ0) is 21.0. The van der Waals surface area contributed by atoms with E-state index in [2.05, 4.69) is 31.3 Å². The molecule has 1 aliphatic rings. The first-order valence-electron chi connectivity index (χ1n) is 9.68. The van der Waals surface area contributed by atoms with Gasteiger partial charge in [-0.2, -0.15) is 0 Å². The highest BCUT2D eigenvalue weighted by Gasteiger charge is 2.34. The van der Waals surface area contributed by atoms with Crippen LogP contribution in [0, 0.1) is 5.92 Å². The van der Waals surface area contributed by atoms with Gasteiger partial charge in [0.1, 0.15) is 6.33 Å². The van der Waals surface area contributed by atoms with Crippen LogP contribution in [0.1, 0.15) is 38.1 Å². The SMILES string of the molecule is CC1CN(C(C(=O)NNC(=O)c2ccc(-n3cnnn3)cc2)C(C)C)CC(C)O1. The summed E-state index contributed by atoms with van der Waals surface area (Å²) in [5.41, 5.74) is 6.22. The van der Waals surface area contributed by atoms with E-state index in [0.717, 1.165) is 5.69 Å². The van der Waals surface area contributed by atoms with Gasteiger partial charge in [-0.05, 0) is 54.5 Å². The third kappa shape index (κ3) is 5.15. The van der Waals surface area contributed by atoms with Crippen molar-refractivity contribution < 1.29 is 14.3 Å².